The molecule has 2 rings (SSSR count). The first kappa shape index (κ1) is 17.8. The zero-order valence-corrected chi connectivity index (χ0v) is 13.4. The highest BCUT2D eigenvalue weighted by Gasteiger charge is 2.03. The minimum absolute atomic E-state index is 0.00833. The number of phenolic OH excluding ortho intramolecular Hbond substituents is 1. The summed E-state index contributed by atoms with van der Waals surface area (Å²) < 4.78 is 10.0. The number of carbonyl (C=O) groups is 2. The molecule has 8 heteroatoms. The number of nitrogens with zero attached hydrogens (tertiary/aromatic N) is 1. The molecule has 0 atom stereocenters. The van der Waals surface area contributed by atoms with E-state index in [-0.39, 0.29) is 12.3 Å². The maximum Gasteiger partial charge on any atom is 0.259 e. The van der Waals surface area contributed by atoms with E-state index in [0.717, 1.165) is 0 Å². The lowest BCUT2D eigenvalue weighted by atomic mass is 10.2. The third-order valence-electron chi connectivity index (χ3n) is 2.97. The van der Waals surface area contributed by atoms with Gasteiger partial charge in [0.2, 0.25) is 5.91 Å². The highest BCUT2D eigenvalue weighted by Crippen LogP contribution is 2.25. The van der Waals surface area contributed by atoms with Crippen molar-refractivity contribution in [2.45, 2.75) is 0 Å². The van der Waals surface area contributed by atoms with E-state index in [0.29, 0.717) is 17.1 Å². The van der Waals surface area contributed by atoms with Crippen LogP contribution < -0.4 is 15.5 Å². The van der Waals surface area contributed by atoms with Crippen molar-refractivity contribution in [2.75, 3.05) is 13.7 Å². The summed E-state index contributed by atoms with van der Waals surface area (Å²) in [7, 11) is 1.43. The number of furan rings is 1. The summed E-state index contributed by atoms with van der Waals surface area (Å²) in [6.07, 6.45) is 5.63. The summed E-state index contributed by atoms with van der Waals surface area (Å²) in [6.45, 7) is -0.225. The van der Waals surface area contributed by atoms with Crippen molar-refractivity contribution in [3.05, 3.63) is 54.0 Å². The molecule has 0 unspecified atom stereocenters. The number of phenols is 1. The van der Waals surface area contributed by atoms with Crippen LogP contribution >= 0.6 is 0 Å². The molecule has 2 aromatic rings. The van der Waals surface area contributed by atoms with Gasteiger partial charge in [0.15, 0.2) is 11.5 Å². The van der Waals surface area contributed by atoms with Crippen molar-refractivity contribution in [1.29, 1.82) is 0 Å². The van der Waals surface area contributed by atoms with Crippen LogP contribution in [0.25, 0.3) is 6.08 Å². The Morgan fingerprint density at radius 1 is 1.36 bits per heavy atom. The molecular formula is C17H17N3O5. The van der Waals surface area contributed by atoms with Crippen molar-refractivity contribution in [1.82, 2.24) is 10.7 Å². The maximum atomic E-state index is 11.6. The molecule has 0 aliphatic carbocycles. The Balaban J connectivity index is 1.75. The van der Waals surface area contributed by atoms with Crippen molar-refractivity contribution >= 4 is 24.1 Å². The Morgan fingerprint density at radius 3 is 2.92 bits per heavy atom. The average molecular weight is 343 g/mol. The number of nitrogens with one attached hydrogen (secondary N) is 2. The van der Waals surface area contributed by atoms with Crippen LogP contribution in [-0.4, -0.2) is 36.8 Å². The number of benzene rings is 1. The number of rotatable bonds is 7. The third-order valence-corrected chi connectivity index (χ3v) is 2.97. The molecule has 25 heavy (non-hydrogen) atoms. The van der Waals surface area contributed by atoms with E-state index in [2.05, 4.69) is 15.8 Å². The molecule has 3 N–H and O–H groups in total. The van der Waals surface area contributed by atoms with Gasteiger partial charge in [-0.3, -0.25) is 9.59 Å². The van der Waals surface area contributed by atoms with Crippen LogP contribution in [0.2, 0.25) is 0 Å². The normalized spacial score (nSPS) is 10.9. The lowest BCUT2D eigenvalue weighted by molar-refractivity contribution is -0.123. The Kier molecular flexibility index (Phi) is 6.35. The van der Waals surface area contributed by atoms with Gasteiger partial charge in [0.05, 0.1) is 26.1 Å². The maximum absolute atomic E-state index is 11.6. The lowest BCUT2D eigenvalue weighted by Crippen LogP contribution is -2.34. The molecule has 0 aliphatic heterocycles. The zero-order valence-electron chi connectivity index (χ0n) is 13.4. The summed E-state index contributed by atoms with van der Waals surface area (Å²) in [5.74, 6) is -0.0750. The molecule has 0 spiro atoms. The Hall–Kier alpha value is -3.55. The Morgan fingerprint density at radius 2 is 2.20 bits per heavy atom. The molecule has 1 aromatic carbocycles. The molecule has 0 saturated heterocycles. The average Bonchev–Trinajstić information content (AvgIpc) is 3.13. The predicted octanol–water partition coefficient (Wildman–Crippen LogP) is 1.27. The van der Waals surface area contributed by atoms with Gasteiger partial charge in [-0.15, -0.1) is 0 Å². The fourth-order valence-electron chi connectivity index (χ4n) is 1.76. The highest BCUT2D eigenvalue weighted by molar-refractivity contribution is 5.94. The Labute approximate surface area is 143 Å². The topological polar surface area (TPSA) is 113 Å². The third kappa shape index (κ3) is 5.87. The molecule has 130 valence electrons. The van der Waals surface area contributed by atoms with Crippen molar-refractivity contribution in [3.63, 3.8) is 0 Å². The lowest BCUT2D eigenvalue weighted by Gasteiger charge is -2.03. The first-order valence-corrected chi connectivity index (χ1v) is 7.27. The van der Waals surface area contributed by atoms with Crippen LogP contribution in [0.1, 0.15) is 11.3 Å². The molecule has 0 radical (unpaired) electrons. The molecule has 0 saturated carbocycles. The number of hydrogen-bond acceptors (Lipinski definition) is 6. The van der Waals surface area contributed by atoms with Gasteiger partial charge in [-0.2, -0.15) is 5.10 Å². The van der Waals surface area contributed by atoms with Crippen molar-refractivity contribution in [2.24, 2.45) is 5.10 Å². The van der Waals surface area contributed by atoms with E-state index in [1.807, 2.05) is 0 Å². The van der Waals surface area contributed by atoms with Gasteiger partial charge in [0.25, 0.3) is 5.91 Å². The van der Waals surface area contributed by atoms with E-state index in [9.17, 15) is 14.7 Å². The summed E-state index contributed by atoms with van der Waals surface area (Å²) >= 11 is 0. The molecule has 0 bridgehead atoms. The highest BCUT2D eigenvalue weighted by atomic mass is 16.5. The van der Waals surface area contributed by atoms with E-state index >= 15 is 0 Å². The van der Waals surface area contributed by atoms with Gasteiger partial charge in [-0.1, -0.05) is 0 Å². The first-order chi connectivity index (χ1) is 12.1. The van der Waals surface area contributed by atoms with Crippen LogP contribution in [0.4, 0.5) is 0 Å². The van der Waals surface area contributed by atoms with E-state index < -0.39 is 11.8 Å². The number of hydrogen-bond donors (Lipinski definition) is 3. The van der Waals surface area contributed by atoms with Crippen LogP contribution in [0.15, 0.2) is 52.2 Å². The number of amides is 2. The molecular weight excluding hydrogens is 326 g/mol. The van der Waals surface area contributed by atoms with Gasteiger partial charge >= 0.3 is 0 Å². The Bertz CT molecular complexity index is 782. The molecule has 8 nitrogen and oxygen atoms in total. The summed E-state index contributed by atoms with van der Waals surface area (Å²) in [6, 6.07) is 8.02. The van der Waals surface area contributed by atoms with Crippen molar-refractivity contribution < 1.29 is 23.8 Å². The first-order valence-electron chi connectivity index (χ1n) is 7.27. The summed E-state index contributed by atoms with van der Waals surface area (Å²) in [5, 5.41) is 15.7. The molecule has 2 amide bonds. The second-order valence-electron chi connectivity index (χ2n) is 4.79. The van der Waals surface area contributed by atoms with Crippen LogP contribution in [0.5, 0.6) is 11.5 Å². The summed E-state index contributed by atoms with van der Waals surface area (Å²) in [4.78, 5) is 23.1. The second-order valence-corrected chi connectivity index (χ2v) is 4.79. The molecule has 1 aromatic heterocycles. The number of carbonyl (C=O) groups excluding carboxylic acids is 2. The zero-order chi connectivity index (χ0) is 18.1. The smallest absolute Gasteiger partial charge is 0.259 e. The fourth-order valence-corrected chi connectivity index (χ4v) is 1.76. The SMILES string of the molecule is COc1cc(C=NNC(=O)CNC(=O)C=Cc2ccco2)ccc1O. The number of methoxy groups -OCH3 is 1. The number of ether oxygens (including phenoxy) is 1. The van der Waals surface area contributed by atoms with E-state index in [1.165, 1.54) is 37.8 Å². The minimum atomic E-state index is -0.484. The molecule has 1 heterocycles. The van der Waals surface area contributed by atoms with Crippen LogP contribution in [0, 0.1) is 0 Å². The standard InChI is InChI=1S/C17H17N3O5/c1-24-15-9-12(4-6-14(15)21)10-19-20-17(23)11-18-16(22)7-5-13-3-2-8-25-13/h2-10,21H,11H2,1H3,(H,18,22)(H,20,23). The number of hydrazone groups is 1. The van der Waals surface area contributed by atoms with Gasteiger partial charge in [0.1, 0.15) is 5.76 Å². The van der Waals surface area contributed by atoms with E-state index in [4.69, 9.17) is 9.15 Å². The minimum Gasteiger partial charge on any atom is -0.504 e. The van der Waals surface area contributed by atoms with Gasteiger partial charge in [0, 0.05) is 6.08 Å². The second kappa shape index (κ2) is 8.92. The van der Waals surface area contributed by atoms with Crippen LogP contribution in [-0.2, 0) is 9.59 Å². The molecule has 0 fully saturated rings. The van der Waals surface area contributed by atoms with Gasteiger partial charge in [-0.05, 0) is 42.0 Å². The number of aromatic hydroxyl groups is 1. The quantitative estimate of drug-likeness (QED) is 0.398. The van der Waals surface area contributed by atoms with Gasteiger partial charge in [-0.25, -0.2) is 5.43 Å². The van der Waals surface area contributed by atoms with E-state index in [1.54, 1.807) is 24.3 Å². The molecule has 0 aliphatic rings. The summed E-state index contributed by atoms with van der Waals surface area (Å²) in [5.41, 5.74) is 2.90. The largest absolute Gasteiger partial charge is 0.504 e. The van der Waals surface area contributed by atoms with Gasteiger partial charge < -0.3 is 19.6 Å². The van der Waals surface area contributed by atoms with Crippen molar-refractivity contribution in [3.8, 4) is 11.5 Å². The predicted molar refractivity (Wildman–Crippen MR) is 91.1 cm³/mol. The fraction of sp³-hybridized carbons (Fsp3) is 0.118. The van der Waals surface area contributed by atoms with Crippen LogP contribution in [0.3, 0.4) is 0 Å². The monoisotopic (exact) mass is 343 g/mol.